The van der Waals surface area contributed by atoms with Gasteiger partial charge in [-0.15, -0.1) is 0 Å². The normalized spacial score (nSPS) is 18.6. The highest BCUT2D eigenvalue weighted by atomic mass is 32.2. The number of aryl methyl sites for hydroxylation is 2. The SMILES string of the molecule is CC1=CC[C@H](c2cnc(-c3ccccc3)c(C)c2)N(S(=O)(=O)c2ccc(C)cc2)[C@@H]1c1ccccc1. The van der Waals surface area contributed by atoms with E-state index < -0.39 is 16.1 Å². The third-order valence-corrected chi connectivity index (χ3v) is 8.79. The summed E-state index contributed by atoms with van der Waals surface area (Å²) in [4.78, 5) is 5.10. The Kier molecular flexibility index (Phi) is 6.61. The van der Waals surface area contributed by atoms with Gasteiger partial charge >= 0.3 is 0 Å². The molecular formula is C31H30N2O2S. The fourth-order valence-corrected chi connectivity index (χ4v) is 6.87. The molecule has 0 saturated heterocycles. The fraction of sp³-hybridized carbons (Fsp3) is 0.194. The van der Waals surface area contributed by atoms with Crippen molar-refractivity contribution in [3.8, 4) is 11.3 Å². The Morgan fingerprint density at radius 1 is 0.806 bits per heavy atom. The summed E-state index contributed by atoms with van der Waals surface area (Å²) in [6.07, 6.45) is 4.60. The molecule has 4 aromatic rings. The smallest absolute Gasteiger partial charge is 0.244 e. The maximum atomic E-state index is 14.3. The first-order chi connectivity index (χ1) is 17.4. The minimum Gasteiger partial charge on any atom is -0.256 e. The highest BCUT2D eigenvalue weighted by Crippen LogP contribution is 2.45. The van der Waals surface area contributed by atoms with Gasteiger partial charge < -0.3 is 0 Å². The summed E-state index contributed by atoms with van der Waals surface area (Å²) in [6.45, 7) is 6.02. The second-order valence-corrected chi connectivity index (χ2v) is 11.3. The van der Waals surface area contributed by atoms with Crippen molar-refractivity contribution in [3.05, 3.63) is 131 Å². The number of rotatable bonds is 5. The molecule has 182 valence electrons. The molecule has 0 fully saturated rings. The molecular weight excluding hydrogens is 464 g/mol. The largest absolute Gasteiger partial charge is 0.256 e. The van der Waals surface area contributed by atoms with Gasteiger partial charge in [-0.05, 0) is 56.0 Å². The van der Waals surface area contributed by atoms with Gasteiger partial charge in [0.25, 0.3) is 0 Å². The third kappa shape index (κ3) is 4.52. The Morgan fingerprint density at radius 2 is 1.44 bits per heavy atom. The number of sulfonamides is 1. The average molecular weight is 495 g/mol. The Labute approximate surface area is 214 Å². The number of pyridine rings is 1. The molecule has 0 spiro atoms. The first-order valence-electron chi connectivity index (χ1n) is 12.2. The summed E-state index contributed by atoms with van der Waals surface area (Å²) in [5.74, 6) is 0. The second kappa shape index (κ2) is 9.84. The van der Waals surface area contributed by atoms with E-state index in [1.807, 2.05) is 99.8 Å². The molecule has 0 amide bonds. The summed E-state index contributed by atoms with van der Waals surface area (Å²) >= 11 is 0. The van der Waals surface area contributed by atoms with Crippen LogP contribution in [0.5, 0.6) is 0 Å². The van der Waals surface area contributed by atoms with Gasteiger partial charge in [-0.1, -0.05) is 96.1 Å². The van der Waals surface area contributed by atoms with Crippen LogP contribution in [0.1, 0.15) is 47.7 Å². The van der Waals surface area contributed by atoms with Crippen LogP contribution in [0.15, 0.2) is 114 Å². The van der Waals surface area contributed by atoms with E-state index in [0.717, 1.165) is 39.1 Å². The molecule has 4 nitrogen and oxygen atoms in total. The second-order valence-electron chi connectivity index (χ2n) is 9.46. The zero-order valence-electron chi connectivity index (χ0n) is 20.8. The van der Waals surface area contributed by atoms with Gasteiger partial charge in [0.15, 0.2) is 0 Å². The lowest BCUT2D eigenvalue weighted by molar-refractivity contribution is 0.261. The highest BCUT2D eigenvalue weighted by molar-refractivity contribution is 7.89. The van der Waals surface area contributed by atoms with E-state index in [9.17, 15) is 8.42 Å². The van der Waals surface area contributed by atoms with Gasteiger partial charge in [0.1, 0.15) is 0 Å². The number of nitrogens with zero attached hydrogens (tertiary/aromatic N) is 2. The minimum atomic E-state index is -3.82. The lowest BCUT2D eigenvalue weighted by atomic mass is 9.90. The lowest BCUT2D eigenvalue weighted by Gasteiger charge is -2.41. The summed E-state index contributed by atoms with van der Waals surface area (Å²) < 4.78 is 30.2. The Balaban J connectivity index is 1.65. The van der Waals surface area contributed by atoms with Crippen molar-refractivity contribution in [2.24, 2.45) is 0 Å². The van der Waals surface area contributed by atoms with Gasteiger partial charge in [0.2, 0.25) is 10.0 Å². The van der Waals surface area contributed by atoms with Crippen LogP contribution in [0.3, 0.4) is 0 Å². The first-order valence-corrected chi connectivity index (χ1v) is 13.6. The van der Waals surface area contributed by atoms with Crippen molar-refractivity contribution in [1.82, 2.24) is 9.29 Å². The monoisotopic (exact) mass is 494 g/mol. The van der Waals surface area contributed by atoms with Gasteiger partial charge in [-0.3, -0.25) is 4.98 Å². The molecule has 1 aliphatic rings. The molecule has 2 atom stereocenters. The molecule has 1 aromatic heterocycles. The maximum absolute atomic E-state index is 14.3. The standard InChI is InChI=1S/C31H30N2O2S/c1-22-14-17-28(18-15-22)36(34,35)33-29(19-16-23(2)31(33)26-12-8-5-9-13-26)27-20-24(3)30(32-21-27)25-10-6-4-7-11-25/h4-18,20-21,29,31H,19H2,1-3H3/t29-,31+/m1/s1. The zero-order chi connectivity index (χ0) is 25.3. The van der Waals surface area contributed by atoms with E-state index in [1.54, 1.807) is 16.4 Å². The van der Waals surface area contributed by atoms with Crippen molar-refractivity contribution in [1.29, 1.82) is 0 Å². The quantitative estimate of drug-likeness (QED) is 0.276. The lowest BCUT2D eigenvalue weighted by Crippen LogP contribution is -2.40. The molecule has 0 saturated carbocycles. The zero-order valence-corrected chi connectivity index (χ0v) is 21.6. The molecule has 0 unspecified atom stereocenters. The molecule has 0 bridgehead atoms. The van der Waals surface area contributed by atoms with Crippen molar-refractivity contribution in [3.63, 3.8) is 0 Å². The molecule has 0 aliphatic carbocycles. The number of benzene rings is 3. The molecule has 3 aromatic carbocycles. The minimum absolute atomic E-state index is 0.305. The molecule has 5 heteroatoms. The van der Waals surface area contributed by atoms with Crippen LogP contribution < -0.4 is 0 Å². The number of aromatic nitrogens is 1. The Morgan fingerprint density at radius 3 is 2.08 bits per heavy atom. The van der Waals surface area contributed by atoms with Crippen LogP contribution in [0.4, 0.5) is 0 Å². The van der Waals surface area contributed by atoms with Crippen LogP contribution >= 0.6 is 0 Å². The van der Waals surface area contributed by atoms with Crippen LogP contribution in [0.2, 0.25) is 0 Å². The Bertz CT molecular complexity index is 1500. The number of hydrogen-bond donors (Lipinski definition) is 0. The van der Waals surface area contributed by atoms with E-state index >= 15 is 0 Å². The van der Waals surface area contributed by atoms with Crippen molar-refractivity contribution >= 4 is 10.0 Å². The predicted octanol–water partition coefficient (Wildman–Crippen LogP) is 7.19. The fourth-order valence-electron chi connectivity index (χ4n) is 5.04. The Hall–Kier alpha value is -3.54. The van der Waals surface area contributed by atoms with Crippen LogP contribution in [-0.2, 0) is 10.0 Å². The van der Waals surface area contributed by atoms with Crippen LogP contribution in [-0.4, -0.2) is 17.7 Å². The summed E-state index contributed by atoms with van der Waals surface area (Å²) in [6, 6.07) is 28.4. The van der Waals surface area contributed by atoms with Crippen LogP contribution in [0, 0.1) is 13.8 Å². The molecule has 0 radical (unpaired) electrons. The van der Waals surface area contributed by atoms with E-state index in [-0.39, 0.29) is 6.04 Å². The topological polar surface area (TPSA) is 50.3 Å². The third-order valence-electron chi connectivity index (χ3n) is 6.90. The van der Waals surface area contributed by atoms with Gasteiger partial charge in [-0.2, -0.15) is 4.31 Å². The van der Waals surface area contributed by atoms with Crippen LogP contribution in [0.25, 0.3) is 11.3 Å². The molecule has 1 aliphatic heterocycles. The molecule has 5 rings (SSSR count). The van der Waals surface area contributed by atoms with Crippen molar-refractivity contribution < 1.29 is 8.42 Å². The molecule has 36 heavy (non-hydrogen) atoms. The number of hydrogen-bond acceptors (Lipinski definition) is 3. The van der Waals surface area contributed by atoms with Crippen molar-refractivity contribution in [2.75, 3.05) is 0 Å². The maximum Gasteiger partial charge on any atom is 0.244 e. The predicted molar refractivity (Wildman–Crippen MR) is 145 cm³/mol. The molecule has 0 N–H and O–H groups in total. The molecule has 2 heterocycles. The summed E-state index contributed by atoms with van der Waals surface area (Å²) in [5, 5.41) is 0. The highest BCUT2D eigenvalue weighted by Gasteiger charge is 2.41. The van der Waals surface area contributed by atoms with E-state index in [0.29, 0.717) is 11.3 Å². The van der Waals surface area contributed by atoms with Crippen molar-refractivity contribution in [2.45, 2.75) is 44.2 Å². The summed E-state index contributed by atoms with van der Waals surface area (Å²) in [5.41, 5.74) is 6.88. The first kappa shape index (κ1) is 24.2. The average Bonchev–Trinajstić information content (AvgIpc) is 2.89. The van der Waals surface area contributed by atoms with E-state index in [4.69, 9.17) is 4.98 Å². The summed E-state index contributed by atoms with van der Waals surface area (Å²) in [7, 11) is -3.82. The van der Waals surface area contributed by atoms with Gasteiger partial charge in [-0.25, -0.2) is 8.42 Å². The van der Waals surface area contributed by atoms with E-state index in [1.165, 1.54) is 0 Å². The van der Waals surface area contributed by atoms with Gasteiger partial charge in [0.05, 0.1) is 22.7 Å². The van der Waals surface area contributed by atoms with E-state index in [2.05, 4.69) is 12.1 Å². The van der Waals surface area contributed by atoms with Gasteiger partial charge in [0, 0.05) is 11.8 Å².